The van der Waals surface area contributed by atoms with E-state index in [0.29, 0.717) is 36.9 Å². The van der Waals surface area contributed by atoms with Gasteiger partial charge in [0.1, 0.15) is 19.0 Å². The van der Waals surface area contributed by atoms with E-state index in [1.165, 1.54) is 0 Å². The number of ether oxygens (including phenoxy) is 3. The molecule has 0 saturated heterocycles. The first kappa shape index (κ1) is 20.1. The number of nitrogens with one attached hydrogen (secondary N) is 1. The van der Waals surface area contributed by atoms with Crippen LogP contribution in [0.25, 0.3) is 0 Å². The fourth-order valence-corrected chi connectivity index (χ4v) is 3.75. The summed E-state index contributed by atoms with van der Waals surface area (Å²) in [4.78, 5) is 26.7. The minimum absolute atomic E-state index is 0.00948. The quantitative estimate of drug-likeness (QED) is 0.792. The van der Waals surface area contributed by atoms with E-state index in [1.54, 1.807) is 4.90 Å². The normalized spacial score (nSPS) is 16.0. The molecule has 2 aromatic carbocycles. The van der Waals surface area contributed by atoms with E-state index in [2.05, 4.69) is 19.2 Å². The lowest BCUT2D eigenvalue weighted by molar-refractivity contribution is -0.122. The second-order valence-electron chi connectivity index (χ2n) is 7.74. The van der Waals surface area contributed by atoms with E-state index in [9.17, 15) is 9.59 Å². The Morgan fingerprint density at radius 2 is 1.80 bits per heavy atom. The van der Waals surface area contributed by atoms with Crippen LogP contribution in [0.3, 0.4) is 0 Å². The van der Waals surface area contributed by atoms with Gasteiger partial charge in [-0.25, -0.2) is 0 Å². The maximum Gasteiger partial charge on any atom is 0.265 e. The number of fused-ring (bicyclic) bond motifs is 2. The van der Waals surface area contributed by atoms with Gasteiger partial charge in [0, 0.05) is 13.0 Å². The van der Waals surface area contributed by atoms with Gasteiger partial charge in [0.25, 0.3) is 5.91 Å². The van der Waals surface area contributed by atoms with Crippen LogP contribution in [0.2, 0.25) is 0 Å². The van der Waals surface area contributed by atoms with Gasteiger partial charge in [-0.2, -0.15) is 0 Å². The molecule has 2 amide bonds. The van der Waals surface area contributed by atoms with E-state index in [-0.39, 0.29) is 36.8 Å². The van der Waals surface area contributed by atoms with Crippen molar-refractivity contribution in [2.24, 2.45) is 5.92 Å². The van der Waals surface area contributed by atoms with Crippen LogP contribution < -0.4 is 24.4 Å². The molecule has 0 radical (unpaired) electrons. The van der Waals surface area contributed by atoms with Crippen molar-refractivity contribution in [2.45, 2.75) is 26.3 Å². The molecular weight excluding hydrogens is 384 g/mol. The highest BCUT2D eigenvalue weighted by atomic mass is 16.6. The number of anilines is 1. The molecule has 0 fully saturated rings. The maximum absolute atomic E-state index is 12.7. The Kier molecular flexibility index (Phi) is 5.79. The van der Waals surface area contributed by atoms with E-state index in [0.717, 1.165) is 11.3 Å². The average molecular weight is 410 g/mol. The molecule has 2 aromatic rings. The minimum atomic E-state index is -0.166. The smallest absolute Gasteiger partial charge is 0.265 e. The Balaban J connectivity index is 1.43. The van der Waals surface area contributed by atoms with Gasteiger partial charge in [0.05, 0.1) is 11.7 Å². The molecule has 2 aliphatic heterocycles. The van der Waals surface area contributed by atoms with Crippen LogP contribution in [0.1, 0.15) is 31.9 Å². The molecule has 0 bridgehead atoms. The van der Waals surface area contributed by atoms with E-state index >= 15 is 0 Å². The van der Waals surface area contributed by atoms with Crippen molar-refractivity contribution in [3.8, 4) is 17.2 Å². The molecule has 1 N–H and O–H groups in total. The maximum atomic E-state index is 12.7. The van der Waals surface area contributed by atoms with Crippen molar-refractivity contribution in [3.05, 3.63) is 48.0 Å². The molecule has 2 heterocycles. The molecular formula is C23H26N2O5. The Labute approximate surface area is 175 Å². The Morgan fingerprint density at radius 1 is 1.03 bits per heavy atom. The van der Waals surface area contributed by atoms with Crippen molar-refractivity contribution in [1.29, 1.82) is 0 Å². The first-order valence-corrected chi connectivity index (χ1v) is 10.2. The molecule has 0 saturated carbocycles. The number of nitrogens with zero attached hydrogens (tertiary/aromatic N) is 1. The third-order valence-electron chi connectivity index (χ3n) is 5.28. The van der Waals surface area contributed by atoms with Gasteiger partial charge in [0.2, 0.25) is 5.91 Å². The van der Waals surface area contributed by atoms with Crippen molar-refractivity contribution >= 4 is 17.5 Å². The van der Waals surface area contributed by atoms with Crippen LogP contribution in [-0.2, 0) is 9.59 Å². The SMILES string of the molecule is CC(C)[C@H](NC(=O)CCN1C(=O)COc2ccccc21)c1ccc2c(c1)OCCO2. The van der Waals surface area contributed by atoms with Crippen molar-refractivity contribution in [1.82, 2.24) is 5.32 Å². The number of carbonyl (C=O) groups is 2. The zero-order valence-corrected chi connectivity index (χ0v) is 17.2. The van der Waals surface area contributed by atoms with Crippen LogP contribution in [0, 0.1) is 5.92 Å². The number of carbonyl (C=O) groups excluding carboxylic acids is 2. The summed E-state index contributed by atoms with van der Waals surface area (Å²) in [6, 6.07) is 13.0. The summed E-state index contributed by atoms with van der Waals surface area (Å²) in [5, 5.41) is 3.11. The molecule has 2 aliphatic rings. The van der Waals surface area contributed by atoms with Gasteiger partial charge in [-0.1, -0.05) is 32.0 Å². The summed E-state index contributed by atoms with van der Waals surface area (Å²) < 4.78 is 16.7. The lowest BCUT2D eigenvalue weighted by atomic mass is 9.95. The monoisotopic (exact) mass is 410 g/mol. The number of hydrogen-bond acceptors (Lipinski definition) is 5. The summed E-state index contributed by atoms with van der Waals surface area (Å²) >= 11 is 0. The summed E-state index contributed by atoms with van der Waals surface area (Å²) in [6.07, 6.45) is 0.202. The highest BCUT2D eigenvalue weighted by molar-refractivity contribution is 5.98. The lowest BCUT2D eigenvalue weighted by Crippen LogP contribution is -2.41. The molecule has 0 spiro atoms. The molecule has 1 atom stereocenters. The van der Waals surface area contributed by atoms with Gasteiger partial charge >= 0.3 is 0 Å². The molecule has 0 aliphatic carbocycles. The topological polar surface area (TPSA) is 77.1 Å². The number of para-hydroxylation sites is 2. The standard InChI is InChI=1S/C23H26N2O5/c1-15(2)23(16-7-8-19-20(13-16)29-12-11-28-19)24-21(26)9-10-25-17-5-3-4-6-18(17)30-14-22(25)27/h3-8,13,15,23H,9-12,14H2,1-2H3,(H,24,26)/t23-/m0/s1. The largest absolute Gasteiger partial charge is 0.486 e. The number of hydrogen-bond donors (Lipinski definition) is 1. The second-order valence-corrected chi connectivity index (χ2v) is 7.74. The predicted octanol–water partition coefficient (Wildman–Crippen LogP) is 3.09. The van der Waals surface area contributed by atoms with Crippen LogP contribution >= 0.6 is 0 Å². The zero-order chi connectivity index (χ0) is 21.1. The van der Waals surface area contributed by atoms with Crippen molar-refractivity contribution in [3.63, 3.8) is 0 Å². The van der Waals surface area contributed by atoms with Gasteiger partial charge in [-0.05, 0) is 35.7 Å². The highest BCUT2D eigenvalue weighted by Crippen LogP contribution is 2.35. The molecule has 0 aromatic heterocycles. The minimum Gasteiger partial charge on any atom is -0.486 e. The molecule has 0 unspecified atom stereocenters. The molecule has 30 heavy (non-hydrogen) atoms. The van der Waals surface area contributed by atoms with E-state index < -0.39 is 0 Å². The third kappa shape index (κ3) is 4.20. The Hall–Kier alpha value is -3.22. The van der Waals surface area contributed by atoms with Crippen molar-refractivity contribution < 1.29 is 23.8 Å². The van der Waals surface area contributed by atoms with E-state index in [1.807, 2.05) is 42.5 Å². The number of benzene rings is 2. The van der Waals surface area contributed by atoms with Gasteiger partial charge in [-0.15, -0.1) is 0 Å². The Morgan fingerprint density at radius 3 is 2.60 bits per heavy atom. The molecule has 7 heteroatoms. The summed E-state index contributed by atoms with van der Waals surface area (Å²) in [6.45, 7) is 5.47. The lowest BCUT2D eigenvalue weighted by Gasteiger charge is -2.29. The Bertz CT molecular complexity index is 943. The van der Waals surface area contributed by atoms with Gasteiger partial charge in [0.15, 0.2) is 18.1 Å². The molecule has 4 rings (SSSR count). The average Bonchev–Trinajstić information content (AvgIpc) is 2.76. The fourth-order valence-electron chi connectivity index (χ4n) is 3.75. The number of amides is 2. The van der Waals surface area contributed by atoms with Crippen molar-refractivity contribution in [2.75, 3.05) is 31.3 Å². The second kappa shape index (κ2) is 8.65. The van der Waals surface area contributed by atoms with Crippen LogP contribution in [0.15, 0.2) is 42.5 Å². The first-order valence-electron chi connectivity index (χ1n) is 10.2. The first-order chi connectivity index (χ1) is 14.5. The number of rotatable bonds is 6. The van der Waals surface area contributed by atoms with E-state index in [4.69, 9.17) is 14.2 Å². The summed E-state index contributed by atoms with van der Waals surface area (Å²) in [7, 11) is 0. The molecule has 7 nitrogen and oxygen atoms in total. The summed E-state index contributed by atoms with van der Waals surface area (Å²) in [5.74, 6) is 2.02. The predicted molar refractivity (Wildman–Crippen MR) is 112 cm³/mol. The molecule has 158 valence electrons. The zero-order valence-electron chi connectivity index (χ0n) is 17.2. The highest BCUT2D eigenvalue weighted by Gasteiger charge is 2.26. The fraction of sp³-hybridized carbons (Fsp3) is 0.391. The van der Waals surface area contributed by atoms with Gasteiger partial charge < -0.3 is 24.4 Å². The van der Waals surface area contributed by atoms with Crippen LogP contribution in [0.5, 0.6) is 17.2 Å². The van der Waals surface area contributed by atoms with Gasteiger partial charge in [-0.3, -0.25) is 9.59 Å². The van der Waals surface area contributed by atoms with Crippen LogP contribution in [-0.4, -0.2) is 38.2 Å². The summed E-state index contributed by atoms with van der Waals surface area (Å²) in [5.41, 5.74) is 1.67. The van der Waals surface area contributed by atoms with Crippen LogP contribution in [0.4, 0.5) is 5.69 Å². The third-order valence-corrected chi connectivity index (χ3v) is 5.28.